The first-order valence-electron chi connectivity index (χ1n) is 12.0. The van der Waals surface area contributed by atoms with E-state index in [9.17, 15) is 30.0 Å². The van der Waals surface area contributed by atoms with Gasteiger partial charge < -0.3 is 39.4 Å². The first kappa shape index (κ1) is 27.9. The van der Waals surface area contributed by atoms with E-state index < -0.39 is 58.5 Å². The summed E-state index contributed by atoms with van der Waals surface area (Å²) >= 11 is 0. The van der Waals surface area contributed by atoms with E-state index in [4.69, 9.17) is 18.9 Å². The molecule has 2 atom stereocenters. The van der Waals surface area contributed by atoms with Crippen molar-refractivity contribution in [2.45, 2.75) is 44.2 Å². The molecule has 0 amide bonds. The lowest BCUT2D eigenvalue weighted by molar-refractivity contribution is -0.132. The van der Waals surface area contributed by atoms with Crippen LogP contribution >= 0.6 is 0 Å². The third-order valence-electron chi connectivity index (χ3n) is 6.42. The van der Waals surface area contributed by atoms with Crippen molar-refractivity contribution in [2.24, 2.45) is 0 Å². The topological polar surface area (TPSA) is 152 Å². The average Bonchev–Trinajstić information content (AvgIpc) is 2.87. The molecule has 0 spiro atoms. The minimum atomic E-state index is -1.93. The monoisotopic (exact) mass is 542 g/mol. The highest BCUT2D eigenvalue weighted by atomic mass is 28.3. The van der Waals surface area contributed by atoms with Gasteiger partial charge in [-0.25, -0.2) is 0 Å². The third kappa shape index (κ3) is 5.00. The second kappa shape index (κ2) is 11.0. The number of rotatable bonds is 8. The summed E-state index contributed by atoms with van der Waals surface area (Å²) in [5.41, 5.74) is 2.49. The van der Waals surface area contributed by atoms with Gasteiger partial charge in [0.25, 0.3) is 0 Å². The Morgan fingerprint density at radius 3 is 2.00 bits per heavy atom. The largest absolute Gasteiger partial charge is 0.467 e. The number of carbonyl (C=O) groups excluding carboxylic acids is 2. The Labute approximate surface area is 220 Å². The van der Waals surface area contributed by atoms with Crippen molar-refractivity contribution >= 4 is 19.6 Å². The number of hydrogen-bond donors (Lipinski definition) is 4. The molecule has 2 aromatic carbocycles. The van der Waals surface area contributed by atoms with Gasteiger partial charge in [0.15, 0.2) is 25.2 Å². The maximum absolute atomic E-state index is 13.7. The van der Waals surface area contributed by atoms with E-state index in [-0.39, 0.29) is 57.7 Å². The highest BCUT2D eigenvalue weighted by molar-refractivity contribution is 6.83. The number of ether oxygens (including phenoxy) is 4. The maximum atomic E-state index is 13.7. The van der Waals surface area contributed by atoms with Gasteiger partial charge in [0.1, 0.15) is 38.8 Å². The highest BCUT2D eigenvalue weighted by Gasteiger charge is 2.47. The van der Waals surface area contributed by atoms with Gasteiger partial charge in [-0.15, -0.1) is 5.54 Å². The Hall–Kier alpha value is -3.08. The molecule has 0 fully saturated rings. The lowest BCUT2D eigenvalue weighted by Crippen LogP contribution is -2.42. The van der Waals surface area contributed by atoms with Gasteiger partial charge in [-0.1, -0.05) is 49.8 Å². The molecule has 4 N–H and O–H groups in total. The molecular weight excluding hydrogens is 512 g/mol. The Morgan fingerprint density at radius 2 is 1.47 bits per heavy atom. The fraction of sp³-hybridized carbons (Fsp3) is 0.407. The van der Waals surface area contributed by atoms with Crippen LogP contribution in [-0.2, 0) is 15.9 Å². The Balaban J connectivity index is 2.09. The predicted molar refractivity (Wildman–Crippen MR) is 136 cm³/mol. The quantitative estimate of drug-likeness (QED) is 0.188. The van der Waals surface area contributed by atoms with Crippen LogP contribution in [0, 0.1) is 11.5 Å². The van der Waals surface area contributed by atoms with Crippen molar-refractivity contribution in [3.8, 4) is 23.0 Å². The number of hydrogen-bond acceptors (Lipinski definition) is 10. The van der Waals surface area contributed by atoms with Crippen molar-refractivity contribution in [3.63, 3.8) is 0 Å². The van der Waals surface area contributed by atoms with E-state index in [1.54, 1.807) is 12.1 Å². The van der Waals surface area contributed by atoms with Crippen LogP contribution in [0.3, 0.4) is 0 Å². The highest BCUT2D eigenvalue weighted by Crippen LogP contribution is 2.52. The van der Waals surface area contributed by atoms with Crippen molar-refractivity contribution in [3.05, 3.63) is 57.6 Å². The van der Waals surface area contributed by atoms with E-state index in [1.807, 2.05) is 19.6 Å². The van der Waals surface area contributed by atoms with Crippen LogP contribution in [0.15, 0.2) is 24.3 Å². The molecule has 11 heteroatoms. The maximum Gasteiger partial charge on any atom is 0.198 e. The smallest absolute Gasteiger partial charge is 0.198 e. The van der Waals surface area contributed by atoms with E-state index in [0.717, 1.165) is 0 Å². The summed E-state index contributed by atoms with van der Waals surface area (Å²) in [6.45, 7) is 3.09. The summed E-state index contributed by atoms with van der Waals surface area (Å²) in [7, 11) is -1.93. The standard InChI is InChI=1S/C27H30O10Si/c1-38(2,3)9-8-27(37-15-31)10-18-20(19(11-27)34-12-28)26(36-14-30)22-21(25(18)35-13-29)23(32)16-6-4-5-7-17(16)24(22)33/h4-7,19,28-31H,10-15H2,1-3H3. The molecule has 10 nitrogen and oxygen atoms in total. The fourth-order valence-corrected chi connectivity index (χ4v) is 5.57. The van der Waals surface area contributed by atoms with Crippen LogP contribution in [0.2, 0.25) is 19.6 Å². The second-order valence-electron chi connectivity index (χ2n) is 9.98. The Morgan fingerprint density at radius 1 is 0.895 bits per heavy atom. The fourth-order valence-electron chi connectivity index (χ4n) is 4.97. The van der Waals surface area contributed by atoms with Gasteiger partial charge in [-0.3, -0.25) is 9.59 Å². The number of ketones is 2. The minimum absolute atomic E-state index is 0.0243. The van der Waals surface area contributed by atoms with Gasteiger partial charge in [-0.2, -0.15) is 0 Å². The molecular formula is C27H30O10Si. The molecule has 0 heterocycles. The first-order valence-corrected chi connectivity index (χ1v) is 15.5. The van der Waals surface area contributed by atoms with Crippen LogP contribution in [0.1, 0.15) is 55.5 Å². The Bertz CT molecular complexity index is 1320. The number of aliphatic hydroxyl groups excluding tert-OH is 4. The molecule has 38 heavy (non-hydrogen) atoms. The van der Waals surface area contributed by atoms with Crippen molar-refractivity contribution in [2.75, 3.05) is 27.2 Å². The molecule has 2 unspecified atom stereocenters. The van der Waals surface area contributed by atoms with Crippen molar-refractivity contribution in [1.29, 1.82) is 0 Å². The van der Waals surface area contributed by atoms with Gasteiger partial charge >= 0.3 is 0 Å². The molecule has 0 saturated carbocycles. The molecule has 0 radical (unpaired) electrons. The summed E-state index contributed by atoms with van der Waals surface area (Å²) in [5.74, 6) is 1.91. The normalized spacial score (nSPS) is 20.1. The third-order valence-corrected chi connectivity index (χ3v) is 7.29. The molecule has 0 saturated heterocycles. The summed E-state index contributed by atoms with van der Waals surface area (Å²) in [4.78, 5) is 27.4. The van der Waals surface area contributed by atoms with Gasteiger partial charge in [0, 0.05) is 35.1 Å². The lowest BCUT2D eigenvalue weighted by Gasteiger charge is -2.40. The van der Waals surface area contributed by atoms with E-state index in [2.05, 4.69) is 11.5 Å². The van der Waals surface area contributed by atoms with Crippen LogP contribution in [0.4, 0.5) is 0 Å². The van der Waals surface area contributed by atoms with Gasteiger partial charge in [0.05, 0.1) is 17.2 Å². The van der Waals surface area contributed by atoms with Crippen LogP contribution in [0.5, 0.6) is 11.5 Å². The molecule has 4 rings (SSSR count). The SMILES string of the molecule is C[Si](C)(C)C#CC1(OCO)Cc2c(OCO)c3c(c(OCO)c2C(OCO)C1)C(=O)c1ccccc1C3=O. The molecule has 0 bridgehead atoms. The molecule has 2 aliphatic carbocycles. The van der Waals surface area contributed by atoms with E-state index in [1.165, 1.54) is 12.1 Å². The summed E-state index contributed by atoms with van der Waals surface area (Å²) in [6, 6.07) is 6.29. The zero-order chi connectivity index (χ0) is 27.7. The second-order valence-corrected chi connectivity index (χ2v) is 14.7. The summed E-state index contributed by atoms with van der Waals surface area (Å²) < 4.78 is 22.6. The number of benzene rings is 2. The van der Waals surface area contributed by atoms with Gasteiger partial charge in [-0.05, 0) is 0 Å². The molecule has 2 aromatic rings. The molecule has 202 valence electrons. The van der Waals surface area contributed by atoms with Crippen LogP contribution in [-0.4, -0.2) is 72.8 Å². The zero-order valence-corrected chi connectivity index (χ0v) is 22.4. The average molecular weight is 543 g/mol. The van der Waals surface area contributed by atoms with Crippen molar-refractivity contribution in [1.82, 2.24) is 0 Å². The lowest BCUT2D eigenvalue weighted by atomic mass is 9.73. The summed E-state index contributed by atoms with van der Waals surface area (Å²) in [5, 5.41) is 39.1. The number of carbonyl (C=O) groups is 2. The zero-order valence-electron chi connectivity index (χ0n) is 21.4. The predicted octanol–water partition coefficient (Wildman–Crippen LogP) is 1.66. The minimum Gasteiger partial charge on any atom is -0.467 e. The number of aliphatic hydroxyl groups is 4. The molecule has 2 aliphatic rings. The number of fused-ring (bicyclic) bond motifs is 3. The first-order chi connectivity index (χ1) is 18.1. The van der Waals surface area contributed by atoms with E-state index in [0.29, 0.717) is 0 Å². The van der Waals surface area contributed by atoms with Crippen LogP contribution < -0.4 is 9.47 Å². The van der Waals surface area contributed by atoms with E-state index >= 15 is 0 Å². The molecule has 0 aliphatic heterocycles. The summed E-state index contributed by atoms with van der Waals surface area (Å²) in [6.07, 6.45) is -1.01. The van der Waals surface area contributed by atoms with Gasteiger partial charge in [0.2, 0.25) is 0 Å². The Kier molecular flexibility index (Phi) is 8.05. The molecule has 0 aromatic heterocycles. The van der Waals surface area contributed by atoms with Crippen LogP contribution in [0.25, 0.3) is 0 Å². The van der Waals surface area contributed by atoms with Crippen molar-refractivity contribution < 1.29 is 49.0 Å².